The van der Waals surface area contributed by atoms with Gasteiger partial charge in [-0.25, -0.2) is 4.98 Å². The van der Waals surface area contributed by atoms with Gasteiger partial charge in [-0.3, -0.25) is 10.1 Å². The fourth-order valence-corrected chi connectivity index (χ4v) is 4.13. The fourth-order valence-electron chi connectivity index (χ4n) is 3.15. The van der Waals surface area contributed by atoms with E-state index in [1.807, 2.05) is 13.0 Å². The van der Waals surface area contributed by atoms with Crippen molar-refractivity contribution in [1.82, 2.24) is 15.3 Å². The van der Waals surface area contributed by atoms with Crippen LogP contribution >= 0.6 is 39.7 Å². The number of pyridine rings is 1. The summed E-state index contributed by atoms with van der Waals surface area (Å²) in [5, 5.41) is 6.21. The van der Waals surface area contributed by atoms with Crippen LogP contribution in [0.1, 0.15) is 15.9 Å². The fraction of sp³-hybridized carbons (Fsp3) is 0.0909. The first-order chi connectivity index (χ1) is 15.4. The lowest BCUT2D eigenvalue weighted by Crippen LogP contribution is -2.34. The van der Waals surface area contributed by atoms with Crippen molar-refractivity contribution in [3.05, 3.63) is 69.3 Å². The Morgan fingerprint density at radius 3 is 2.81 bits per heavy atom. The third-order valence-electron chi connectivity index (χ3n) is 4.53. The number of rotatable bonds is 4. The van der Waals surface area contributed by atoms with Crippen LogP contribution in [0.15, 0.2) is 57.6 Å². The molecule has 0 saturated heterocycles. The van der Waals surface area contributed by atoms with E-state index in [1.54, 1.807) is 42.6 Å². The zero-order chi connectivity index (χ0) is 22.8. The summed E-state index contributed by atoms with van der Waals surface area (Å²) in [5.74, 6) is 0.409. The molecule has 2 aromatic heterocycles. The average Bonchev–Trinajstić information content (AvgIpc) is 3.18. The number of amides is 1. The number of nitrogens with one attached hydrogen (secondary N) is 2. The number of methoxy groups -OCH3 is 1. The molecule has 0 bridgehead atoms. The molecule has 0 aliphatic rings. The molecule has 0 aliphatic carbocycles. The third kappa shape index (κ3) is 4.59. The van der Waals surface area contributed by atoms with E-state index in [-0.39, 0.29) is 5.11 Å². The number of hydrogen-bond donors (Lipinski definition) is 2. The SMILES string of the molecule is COc1c(C)cc(Br)cc1C(=O)NC(=S)Nc1ccc(Cl)c(-c2nc3ncccc3o2)c1. The molecule has 0 fully saturated rings. The van der Waals surface area contributed by atoms with Crippen LogP contribution in [0, 0.1) is 6.92 Å². The lowest BCUT2D eigenvalue weighted by atomic mass is 10.1. The van der Waals surface area contributed by atoms with E-state index in [0.29, 0.717) is 44.7 Å². The predicted molar refractivity (Wildman–Crippen MR) is 131 cm³/mol. The molecule has 0 radical (unpaired) electrons. The normalized spacial score (nSPS) is 10.8. The summed E-state index contributed by atoms with van der Waals surface area (Å²) >= 11 is 15.1. The van der Waals surface area contributed by atoms with Crippen LogP contribution in [-0.4, -0.2) is 28.1 Å². The Kier molecular flexibility index (Phi) is 6.40. The number of fused-ring (bicyclic) bond motifs is 1. The van der Waals surface area contributed by atoms with E-state index in [0.717, 1.165) is 10.0 Å². The van der Waals surface area contributed by atoms with Crippen molar-refractivity contribution in [2.24, 2.45) is 0 Å². The summed E-state index contributed by atoms with van der Waals surface area (Å²) < 4.78 is 11.9. The number of thiocarbonyl (C=S) groups is 1. The molecule has 0 atom stereocenters. The molecular weight excluding hydrogens is 516 g/mol. The van der Waals surface area contributed by atoms with Gasteiger partial charge in [-0.2, -0.15) is 4.98 Å². The topological polar surface area (TPSA) is 89.3 Å². The number of nitrogens with zero attached hydrogens (tertiary/aromatic N) is 2. The molecule has 2 heterocycles. The van der Waals surface area contributed by atoms with Gasteiger partial charge >= 0.3 is 0 Å². The van der Waals surface area contributed by atoms with Crippen LogP contribution in [0.25, 0.3) is 22.7 Å². The monoisotopic (exact) mass is 530 g/mol. The molecule has 7 nitrogen and oxygen atoms in total. The number of anilines is 1. The summed E-state index contributed by atoms with van der Waals surface area (Å²) in [4.78, 5) is 21.3. The lowest BCUT2D eigenvalue weighted by Gasteiger charge is -2.14. The van der Waals surface area contributed by atoms with Crippen molar-refractivity contribution in [2.75, 3.05) is 12.4 Å². The minimum absolute atomic E-state index is 0.113. The largest absolute Gasteiger partial charge is 0.496 e. The number of halogens is 2. The van der Waals surface area contributed by atoms with Gasteiger partial charge in [0.05, 0.1) is 23.3 Å². The van der Waals surface area contributed by atoms with Gasteiger partial charge in [0.15, 0.2) is 16.3 Å². The van der Waals surface area contributed by atoms with Crippen LogP contribution in [0.4, 0.5) is 5.69 Å². The standard InChI is InChI=1S/C22H16BrClN4O3S/c1-11-8-12(23)9-15(18(11)30-2)20(29)28-22(32)26-13-5-6-16(24)14(10-13)21-27-19-17(31-21)4-3-7-25-19/h3-10H,1-2H3,(H2,26,28,29,32). The van der Waals surface area contributed by atoms with E-state index in [1.165, 1.54) is 7.11 Å². The number of hydrogen-bond acceptors (Lipinski definition) is 6. The third-order valence-corrected chi connectivity index (χ3v) is 5.53. The molecule has 162 valence electrons. The van der Waals surface area contributed by atoms with Gasteiger partial charge in [0.2, 0.25) is 5.89 Å². The number of carbonyl (C=O) groups is 1. The maximum Gasteiger partial charge on any atom is 0.261 e. The highest BCUT2D eigenvalue weighted by Gasteiger charge is 2.18. The molecule has 2 N–H and O–H groups in total. The Morgan fingerprint density at radius 1 is 1.25 bits per heavy atom. The summed E-state index contributed by atoms with van der Waals surface area (Å²) in [6.45, 7) is 1.85. The van der Waals surface area contributed by atoms with E-state index >= 15 is 0 Å². The number of oxazole rings is 1. The first-order valence-corrected chi connectivity index (χ1v) is 10.9. The van der Waals surface area contributed by atoms with Crippen LogP contribution in [0.2, 0.25) is 5.02 Å². The second kappa shape index (κ2) is 9.23. The van der Waals surface area contributed by atoms with Crippen LogP contribution in [0.5, 0.6) is 5.75 Å². The molecule has 4 rings (SSSR count). The minimum Gasteiger partial charge on any atom is -0.496 e. The maximum absolute atomic E-state index is 12.8. The van der Waals surface area contributed by atoms with Crippen molar-refractivity contribution in [2.45, 2.75) is 6.92 Å². The number of aryl methyl sites for hydroxylation is 1. The van der Waals surface area contributed by atoms with Crippen molar-refractivity contribution in [3.63, 3.8) is 0 Å². The first-order valence-electron chi connectivity index (χ1n) is 9.33. The summed E-state index contributed by atoms with van der Waals surface area (Å²) in [7, 11) is 1.51. The average molecular weight is 532 g/mol. The first kappa shape index (κ1) is 22.2. The predicted octanol–water partition coefficient (Wildman–Crippen LogP) is 5.75. The van der Waals surface area contributed by atoms with Crippen molar-refractivity contribution < 1.29 is 13.9 Å². The molecule has 4 aromatic rings. The minimum atomic E-state index is -0.400. The molecule has 10 heteroatoms. The smallest absolute Gasteiger partial charge is 0.261 e. The molecule has 0 saturated carbocycles. The number of aromatic nitrogens is 2. The number of benzene rings is 2. The van der Waals surface area contributed by atoms with Crippen molar-refractivity contribution in [3.8, 4) is 17.2 Å². The van der Waals surface area contributed by atoms with Crippen LogP contribution < -0.4 is 15.4 Å². The van der Waals surface area contributed by atoms with Gasteiger partial charge in [0.25, 0.3) is 5.91 Å². The zero-order valence-electron chi connectivity index (χ0n) is 16.9. The lowest BCUT2D eigenvalue weighted by molar-refractivity contribution is 0.0974. The van der Waals surface area contributed by atoms with Crippen molar-refractivity contribution in [1.29, 1.82) is 0 Å². The second-order valence-corrected chi connectivity index (χ2v) is 8.48. The van der Waals surface area contributed by atoms with E-state index in [2.05, 4.69) is 36.5 Å². The highest BCUT2D eigenvalue weighted by molar-refractivity contribution is 9.10. The van der Waals surface area contributed by atoms with Gasteiger partial charge < -0.3 is 14.5 Å². The second-order valence-electron chi connectivity index (χ2n) is 6.75. The van der Waals surface area contributed by atoms with E-state index in [9.17, 15) is 4.79 Å². The summed E-state index contributed by atoms with van der Waals surface area (Å²) in [6, 6.07) is 12.2. The molecule has 0 aliphatic heterocycles. The molecule has 0 spiro atoms. The van der Waals surface area contributed by atoms with Gasteiger partial charge in [-0.1, -0.05) is 27.5 Å². The Hall–Kier alpha value is -3.01. The molecule has 0 unspecified atom stereocenters. The van der Waals surface area contributed by atoms with Crippen LogP contribution in [0.3, 0.4) is 0 Å². The Morgan fingerprint density at radius 2 is 2.06 bits per heavy atom. The van der Waals surface area contributed by atoms with E-state index < -0.39 is 5.91 Å². The van der Waals surface area contributed by atoms with Gasteiger partial charge in [-0.05, 0) is 67.2 Å². The van der Waals surface area contributed by atoms with Crippen molar-refractivity contribution >= 4 is 67.7 Å². The molecular formula is C22H16BrClN4O3S. The number of carbonyl (C=O) groups excluding carboxylic acids is 1. The summed E-state index contributed by atoms with van der Waals surface area (Å²) in [6.07, 6.45) is 1.64. The highest BCUT2D eigenvalue weighted by Crippen LogP contribution is 2.32. The van der Waals surface area contributed by atoms with Gasteiger partial charge in [0.1, 0.15) is 5.75 Å². The summed E-state index contributed by atoms with van der Waals surface area (Å²) in [5.41, 5.74) is 3.38. The maximum atomic E-state index is 12.8. The van der Waals surface area contributed by atoms with Crippen LogP contribution in [-0.2, 0) is 0 Å². The molecule has 1 amide bonds. The molecule has 32 heavy (non-hydrogen) atoms. The highest BCUT2D eigenvalue weighted by atomic mass is 79.9. The van der Waals surface area contributed by atoms with E-state index in [4.69, 9.17) is 33.0 Å². The quantitative estimate of drug-likeness (QED) is 0.324. The van der Waals surface area contributed by atoms with Gasteiger partial charge in [0, 0.05) is 16.4 Å². The number of ether oxygens (including phenoxy) is 1. The van der Waals surface area contributed by atoms with Gasteiger partial charge in [-0.15, -0.1) is 0 Å². The Bertz CT molecular complexity index is 1330. The Balaban J connectivity index is 1.54. The Labute approximate surface area is 202 Å². The zero-order valence-corrected chi connectivity index (χ0v) is 20.1. The molecule has 2 aromatic carbocycles.